The van der Waals surface area contributed by atoms with Crippen LogP contribution in [0.3, 0.4) is 0 Å². The highest BCUT2D eigenvalue weighted by Crippen LogP contribution is 2.24. The van der Waals surface area contributed by atoms with Gasteiger partial charge in [0.05, 0.1) is 0 Å². The topological polar surface area (TPSA) is 32.3 Å². The molecule has 0 bridgehead atoms. The zero-order valence-corrected chi connectivity index (χ0v) is 13.6. The minimum absolute atomic E-state index is 0. The van der Waals surface area contributed by atoms with Crippen LogP contribution >= 0.6 is 12.4 Å². The lowest BCUT2D eigenvalue weighted by Gasteiger charge is -2.35. The second-order valence-electron chi connectivity index (χ2n) is 5.64. The Labute approximate surface area is 128 Å². The Morgan fingerprint density at radius 2 is 1.85 bits per heavy atom. The van der Waals surface area contributed by atoms with Crippen LogP contribution in [-0.4, -0.2) is 25.5 Å². The fourth-order valence-electron chi connectivity index (χ4n) is 2.68. The summed E-state index contributed by atoms with van der Waals surface area (Å²) >= 11 is 0. The number of nitrogens with one attached hydrogen (secondary N) is 1. The predicted octanol–water partition coefficient (Wildman–Crippen LogP) is 2.93. The van der Waals surface area contributed by atoms with Crippen molar-refractivity contribution in [2.75, 3.05) is 24.5 Å². The first-order valence-electron chi connectivity index (χ1n) is 7.13. The first kappa shape index (κ1) is 17.0. The smallest absolute Gasteiger partial charge is 0.230 e. The molecule has 0 radical (unpaired) electrons. The molecule has 1 aliphatic heterocycles. The standard InChI is InChI=1S/C16H24N2O.ClH/c1-5-18(15-7-11(2)6-12(3)8-15)16(19)13(4)14-9-17-10-14;/h6-8,13-14,17H,5,9-10H2,1-4H3;1H. The van der Waals surface area contributed by atoms with Crippen LogP contribution in [0, 0.1) is 25.7 Å². The Hall–Kier alpha value is -1.06. The zero-order valence-electron chi connectivity index (χ0n) is 12.8. The predicted molar refractivity (Wildman–Crippen MR) is 86.7 cm³/mol. The van der Waals surface area contributed by atoms with E-state index in [0.29, 0.717) is 5.92 Å². The Morgan fingerprint density at radius 3 is 2.25 bits per heavy atom. The third-order valence-corrected chi connectivity index (χ3v) is 4.01. The van der Waals surface area contributed by atoms with Crippen molar-refractivity contribution >= 4 is 24.0 Å². The molecule has 4 heteroatoms. The van der Waals surface area contributed by atoms with Crippen molar-refractivity contribution < 1.29 is 4.79 Å². The molecule has 1 fully saturated rings. The highest BCUT2D eigenvalue weighted by molar-refractivity contribution is 5.95. The van der Waals surface area contributed by atoms with Crippen molar-refractivity contribution in [3.63, 3.8) is 0 Å². The van der Waals surface area contributed by atoms with E-state index in [4.69, 9.17) is 0 Å². The van der Waals surface area contributed by atoms with E-state index in [-0.39, 0.29) is 24.2 Å². The van der Waals surface area contributed by atoms with E-state index in [2.05, 4.69) is 44.3 Å². The molecular weight excluding hydrogens is 272 g/mol. The van der Waals surface area contributed by atoms with E-state index in [1.54, 1.807) is 0 Å². The quantitative estimate of drug-likeness (QED) is 0.926. The SMILES string of the molecule is CCN(C(=O)C(C)C1CNC1)c1cc(C)cc(C)c1.Cl. The average molecular weight is 297 g/mol. The maximum atomic E-state index is 12.6. The molecule has 1 heterocycles. The molecule has 1 aliphatic rings. The molecule has 0 spiro atoms. The summed E-state index contributed by atoms with van der Waals surface area (Å²) in [7, 11) is 0. The van der Waals surface area contributed by atoms with E-state index in [1.807, 2.05) is 11.8 Å². The normalized spacial score (nSPS) is 16.0. The summed E-state index contributed by atoms with van der Waals surface area (Å²) in [6.45, 7) is 10.9. The molecule has 1 aromatic rings. The van der Waals surface area contributed by atoms with Gasteiger partial charge in [0.2, 0.25) is 5.91 Å². The molecule has 0 aliphatic carbocycles. The molecular formula is C16H25ClN2O. The number of halogens is 1. The maximum absolute atomic E-state index is 12.6. The highest BCUT2D eigenvalue weighted by atomic mass is 35.5. The van der Waals surface area contributed by atoms with Gasteiger partial charge in [0.1, 0.15) is 0 Å². The summed E-state index contributed by atoms with van der Waals surface area (Å²) in [5.41, 5.74) is 3.45. The second kappa shape index (κ2) is 7.09. The molecule has 1 atom stereocenters. The number of hydrogen-bond donors (Lipinski definition) is 1. The molecule has 112 valence electrons. The van der Waals surface area contributed by atoms with E-state index in [0.717, 1.165) is 25.3 Å². The molecule has 0 saturated carbocycles. The van der Waals surface area contributed by atoms with Crippen LogP contribution in [0.15, 0.2) is 18.2 Å². The molecule has 20 heavy (non-hydrogen) atoms. The summed E-state index contributed by atoms with van der Waals surface area (Å²) in [6.07, 6.45) is 0. The number of aryl methyl sites for hydroxylation is 2. The van der Waals surface area contributed by atoms with E-state index in [1.165, 1.54) is 11.1 Å². The van der Waals surface area contributed by atoms with Crippen LogP contribution in [0.25, 0.3) is 0 Å². The summed E-state index contributed by atoms with van der Waals surface area (Å²) in [5.74, 6) is 0.841. The van der Waals surface area contributed by atoms with Crippen molar-refractivity contribution in [2.24, 2.45) is 11.8 Å². The molecule has 0 aromatic heterocycles. The molecule has 2 rings (SSSR count). The summed E-state index contributed by atoms with van der Waals surface area (Å²) < 4.78 is 0. The van der Waals surface area contributed by atoms with Crippen LogP contribution in [0.1, 0.15) is 25.0 Å². The fourth-order valence-corrected chi connectivity index (χ4v) is 2.68. The largest absolute Gasteiger partial charge is 0.316 e. The monoisotopic (exact) mass is 296 g/mol. The van der Waals surface area contributed by atoms with Crippen LogP contribution in [0.5, 0.6) is 0 Å². The number of benzene rings is 1. The van der Waals surface area contributed by atoms with Gasteiger partial charge < -0.3 is 10.2 Å². The van der Waals surface area contributed by atoms with Gasteiger partial charge in [-0.05, 0) is 63.0 Å². The summed E-state index contributed by atoms with van der Waals surface area (Å²) in [6, 6.07) is 6.33. The van der Waals surface area contributed by atoms with Gasteiger partial charge in [-0.2, -0.15) is 0 Å². The van der Waals surface area contributed by atoms with E-state index < -0.39 is 0 Å². The van der Waals surface area contributed by atoms with Crippen molar-refractivity contribution in [2.45, 2.75) is 27.7 Å². The number of hydrogen-bond acceptors (Lipinski definition) is 2. The van der Waals surface area contributed by atoms with Gasteiger partial charge >= 0.3 is 0 Å². The summed E-state index contributed by atoms with van der Waals surface area (Å²) in [4.78, 5) is 14.5. The van der Waals surface area contributed by atoms with Gasteiger partial charge in [-0.15, -0.1) is 12.4 Å². The minimum atomic E-state index is 0. The maximum Gasteiger partial charge on any atom is 0.230 e. The van der Waals surface area contributed by atoms with E-state index in [9.17, 15) is 4.79 Å². The molecule has 1 unspecified atom stereocenters. The van der Waals surface area contributed by atoms with Gasteiger partial charge in [0, 0.05) is 18.2 Å². The number of carbonyl (C=O) groups is 1. The van der Waals surface area contributed by atoms with Gasteiger partial charge in [0.15, 0.2) is 0 Å². The number of carbonyl (C=O) groups excluding carboxylic acids is 1. The van der Waals surface area contributed by atoms with Crippen molar-refractivity contribution in [3.05, 3.63) is 29.3 Å². The number of nitrogens with zero attached hydrogens (tertiary/aromatic N) is 1. The second-order valence-corrected chi connectivity index (χ2v) is 5.64. The first-order valence-corrected chi connectivity index (χ1v) is 7.13. The molecule has 1 aromatic carbocycles. The Balaban J connectivity index is 0.00000200. The lowest BCUT2D eigenvalue weighted by Crippen LogP contribution is -2.50. The van der Waals surface area contributed by atoms with Gasteiger partial charge in [-0.1, -0.05) is 13.0 Å². The van der Waals surface area contributed by atoms with Crippen molar-refractivity contribution in [3.8, 4) is 0 Å². The summed E-state index contributed by atoms with van der Waals surface area (Å²) in [5, 5.41) is 3.24. The Morgan fingerprint density at radius 1 is 1.30 bits per heavy atom. The van der Waals surface area contributed by atoms with Crippen LogP contribution in [0.4, 0.5) is 5.69 Å². The van der Waals surface area contributed by atoms with Crippen molar-refractivity contribution in [1.29, 1.82) is 0 Å². The molecule has 1 amide bonds. The zero-order chi connectivity index (χ0) is 14.0. The Bertz CT molecular complexity index is 451. The Kier molecular flexibility index (Phi) is 6.03. The van der Waals surface area contributed by atoms with Gasteiger partial charge in [0.25, 0.3) is 0 Å². The third kappa shape index (κ3) is 3.53. The highest BCUT2D eigenvalue weighted by Gasteiger charge is 2.31. The molecule has 1 saturated heterocycles. The fraction of sp³-hybridized carbons (Fsp3) is 0.562. The number of anilines is 1. The van der Waals surface area contributed by atoms with Crippen molar-refractivity contribution in [1.82, 2.24) is 5.32 Å². The average Bonchev–Trinajstić information content (AvgIpc) is 2.26. The lowest BCUT2D eigenvalue weighted by molar-refractivity contribution is -0.124. The van der Waals surface area contributed by atoms with Crippen LogP contribution in [-0.2, 0) is 4.79 Å². The number of rotatable bonds is 4. The molecule has 1 N–H and O–H groups in total. The van der Waals surface area contributed by atoms with Gasteiger partial charge in [-0.25, -0.2) is 0 Å². The lowest BCUT2D eigenvalue weighted by atomic mass is 9.87. The first-order chi connectivity index (χ1) is 9.02. The van der Waals surface area contributed by atoms with Crippen LogP contribution in [0.2, 0.25) is 0 Å². The van der Waals surface area contributed by atoms with Crippen LogP contribution < -0.4 is 10.2 Å². The minimum Gasteiger partial charge on any atom is -0.316 e. The van der Waals surface area contributed by atoms with Gasteiger partial charge in [-0.3, -0.25) is 4.79 Å². The number of amides is 1. The van der Waals surface area contributed by atoms with E-state index >= 15 is 0 Å². The molecule has 3 nitrogen and oxygen atoms in total. The third-order valence-electron chi connectivity index (χ3n) is 4.01.